The summed E-state index contributed by atoms with van der Waals surface area (Å²) in [7, 11) is 0. The third-order valence-electron chi connectivity index (χ3n) is 5.39. The van der Waals surface area contributed by atoms with E-state index in [0.717, 1.165) is 12.5 Å². The topological polar surface area (TPSA) is 18.5 Å². The van der Waals surface area contributed by atoms with E-state index in [1.807, 2.05) is 0 Å². The van der Waals surface area contributed by atoms with Crippen LogP contribution in [0.5, 0.6) is 0 Å². The zero-order valence-corrected chi connectivity index (χ0v) is 14.3. The molecule has 2 saturated heterocycles. The van der Waals surface area contributed by atoms with Gasteiger partial charge in [0, 0.05) is 31.7 Å². The van der Waals surface area contributed by atoms with Gasteiger partial charge in [-0.2, -0.15) is 0 Å². The van der Waals surface area contributed by atoms with Crippen molar-refractivity contribution in [2.45, 2.75) is 59.5 Å². The van der Waals surface area contributed by atoms with Gasteiger partial charge in [0.05, 0.1) is 0 Å². The van der Waals surface area contributed by atoms with Gasteiger partial charge in [-0.3, -0.25) is 4.90 Å². The normalized spacial score (nSPS) is 31.6. The SMILES string of the molecule is CCN1CCC(CN2CC(C(C)(C)C)NCC2C)CC1. The number of nitrogens with zero attached hydrogens (tertiary/aromatic N) is 2. The maximum atomic E-state index is 3.74. The summed E-state index contributed by atoms with van der Waals surface area (Å²) >= 11 is 0. The van der Waals surface area contributed by atoms with Crippen LogP contribution in [0.3, 0.4) is 0 Å². The Morgan fingerprint density at radius 3 is 2.35 bits per heavy atom. The first-order valence-corrected chi connectivity index (χ1v) is 8.60. The summed E-state index contributed by atoms with van der Waals surface area (Å²) in [5.74, 6) is 0.916. The highest BCUT2D eigenvalue weighted by Gasteiger charge is 2.33. The van der Waals surface area contributed by atoms with Crippen LogP contribution in [0.4, 0.5) is 0 Å². The van der Waals surface area contributed by atoms with E-state index in [2.05, 4.69) is 49.7 Å². The minimum atomic E-state index is 0.365. The second-order valence-corrected chi connectivity index (χ2v) is 8.01. The third-order valence-corrected chi connectivity index (χ3v) is 5.39. The van der Waals surface area contributed by atoms with Crippen LogP contribution in [0.15, 0.2) is 0 Å². The molecule has 0 aromatic heterocycles. The molecule has 0 aromatic carbocycles. The number of nitrogens with one attached hydrogen (secondary N) is 1. The Balaban J connectivity index is 1.84. The fraction of sp³-hybridized carbons (Fsp3) is 1.00. The summed E-state index contributed by atoms with van der Waals surface area (Å²) in [6.07, 6.45) is 2.79. The molecule has 0 radical (unpaired) electrons. The van der Waals surface area contributed by atoms with E-state index < -0.39 is 0 Å². The van der Waals surface area contributed by atoms with E-state index in [1.165, 1.54) is 45.6 Å². The van der Waals surface area contributed by atoms with Crippen LogP contribution >= 0.6 is 0 Å². The quantitative estimate of drug-likeness (QED) is 0.857. The zero-order chi connectivity index (χ0) is 14.8. The Labute approximate surface area is 126 Å². The first kappa shape index (κ1) is 16.3. The standard InChI is InChI=1S/C17H35N3/c1-6-19-9-7-15(8-10-19)12-20-13-16(17(3,4)5)18-11-14(20)2/h14-16,18H,6-13H2,1-5H3. The van der Waals surface area contributed by atoms with E-state index in [1.54, 1.807) is 0 Å². The number of hydrogen-bond acceptors (Lipinski definition) is 3. The van der Waals surface area contributed by atoms with Gasteiger partial charge in [-0.15, -0.1) is 0 Å². The summed E-state index contributed by atoms with van der Waals surface area (Å²) < 4.78 is 0. The van der Waals surface area contributed by atoms with Gasteiger partial charge in [0.15, 0.2) is 0 Å². The molecule has 20 heavy (non-hydrogen) atoms. The van der Waals surface area contributed by atoms with Crippen LogP contribution in [0, 0.1) is 11.3 Å². The van der Waals surface area contributed by atoms with Crippen molar-refractivity contribution in [1.82, 2.24) is 15.1 Å². The molecule has 3 heteroatoms. The number of hydrogen-bond donors (Lipinski definition) is 1. The van der Waals surface area contributed by atoms with Gasteiger partial charge in [0.2, 0.25) is 0 Å². The average Bonchev–Trinajstić information content (AvgIpc) is 2.41. The lowest BCUT2D eigenvalue weighted by atomic mass is 9.84. The maximum Gasteiger partial charge on any atom is 0.0244 e. The van der Waals surface area contributed by atoms with Crippen molar-refractivity contribution < 1.29 is 0 Å². The highest BCUT2D eigenvalue weighted by molar-refractivity contribution is 4.91. The third kappa shape index (κ3) is 4.19. The van der Waals surface area contributed by atoms with Crippen molar-refractivity contribution in [3.63, 3.8) is 0 Å². The van der Waals surface area contributed by atoms with Crippen LogP contribution in [-0.2, 0) is 0 Å². The number of piperazine rings is 1. The lowest BCUT2D eigenvalue weighted by Crippen LogP contribution is -2.60. The summed E-state index contributed by atoms with van der Waals surface area (Å²) in [6.45, 7) is 19.3. The molecule has 0 amide bonds. The molecule has 2 aliphatic rings. The smallest absolute Gasteiger partial charge is 0.0244 e. The van der Waals surface area contributed by atoms with Gasteiger partial charge in [0.25, 0.3) is 0 Å². The first-order valence-electron chi connectivity index (χ1n) is 8.60. The summed E-state index contributed by atoms with van der Waals surface area (Å²) in [6, 6.07) is 1.33. The Hall–Kier alpha value is -0.120. The average molecular weight is 281 g/mol. The predicted molar refractivity (Wildman–Crippen MR) is 87.1 cm³/mol. The van der Waals surface area contributed by atoms with Gasteiger partial charge in [0.1, 0.15) is 0 Å². The second-order valence-electron chi connectivity index (χ2n) is 8.01. The molecule has 2 atom stereocenters. The second kappa shape index (κ2) is 6.76. The van der Waals surface area contributed by atoms with Gasteiger partial charge < -0.3 is 10.2 Å². The number of piperidine rings is 1. The van der Waals surface area contributed by atoms with Crippen molar-refractivity contribution in [3.8, 4) is 0 Å². The van der Waals surface area contributed by atoms with Crippen LogP contribution in [0.2, 0.25) is 0 Å². The molecular formula is C17H35N3. The monoisotopic (exact) mass is 281 g/mol. The molecule has 0 bridgehead atoms. The summed E-state index contributed by atoms with van der Waals surface area (Å²) in [4.78, 5) is 5.34. The van der Waals surface area contributed by atoms with Gasteiger partial charge in [-0.25, -0.2) is 0 Å². The Bertz CT molecular complexity index is 289. The molecule has 0 saturated carbocycles. The molecule has 3 nitrogen and oxygen atoms in total. The molecular weight excluding hydrogens is 246 g/mol. The minimum Gasteiger partial charge on any atom is -0.311 e. The molecule has 2 unspecified atom stereocenters. The molecule has 1 N–H and O–H groups in total. The van der Waals surface area contributed by atoms with Crippen molar-refractivity contribution in [3.05, 3.63) is 0 Å². The van der Waals surface area contributed by atoms with Crippen molar-refractivity contribution >= 4 is 0 Å². The van der Waals surface area contributed by atoms with E-state index in [9.17, 15) is 0 Å². The molecule has 2 rings (SSSR count). The maximum absolute atomic E-state index is 3.74. The van der Waals surface area contributed by atoms with E-state index in [0.29, 0.717) is 17.5 Å². The fourth-order valence-electron chi connectivity index (χ4n) is 3.57. The highest BCUT2D eigenvalue weighted by atomic mass is 15.2. The van der Waals surface area contributed by atoms with Crippen molar-refractivity contribution in [2.75, 3.05) is 39.3 Å². The van der Waals surface area contributed by atoms with E-state index in [-0.39, 0.29) is 0 Å². The lowest BCUT2D eigenvalue weighted by molar-refractivity contribution is 0.0647. The molecule has 2 heterocycles. The molecule has 0 aliphatic carbocycles. The van der Waals surface area contributed by atoms with Crippen LogP contribution in [0.25, 0.3) is 0 Å². The van der Waals surface area contributed by atoms with E-state index in [4.69, 9.17) is 0 Å². The number of rotatable bonds is 3. The molecule has 0 spiro atoms. The largest absolute Gasteiger partial charge is 0.311 e. The van der Waals surface area contributed by atoms with E-state index >= 15 is 0 Å². The first-order chi connectivity index (χ1) is 9.40. The summed E-state index contributed by atoms with van der Waals surface area (Å²) in [5, 5.41) is 3.74. The predicted octanol–water partition coefficient (Wildman–Crippen LogP) is 2.43. The fourth-order valence-corrected chi connectivity index (χ4v) is 3.57. The van der Waals surface area contributed by atoms with Gasteiger partial charge >= 0.3 is 0 Å². The van der Waals surface area contributed by atoms with Gasteiger partial charge in [-0.1, -0.05) is 27.7 Å². The minimum absolute atomic E-state index is 0.365. The van der Waals surface area contributed by atoms with Crippen molar-refractivity contribution in [2.24, 2.45) is 11.3 Å². The van der Waals surface area contributed by atoms with Crippen molar-refractivity contribution in [1.29, 1.82) is 0 Å². The Morgan fingerprint density at radius 1 is 1.15 bits per heavy atom. The lowest BCUT2D eigenvalue weighted by Gasteiger charge is -2.45. The van der Waals surface area contributed by atoms with Crippen LogP contribution in [0.1, 0.15) is 47.5 Å². The molecule has 2 aliphatic heterocycles. The Morgan fingerprint density at radius 2 is 1.80 bits per heavy atom. The molecule has 0 aromatic rings. The molecule has 2 fully saturated rings. The highest BCUT2D eigenvalue weighted by Crippen LogP contribution is 2.25. The van der Waals surface area contributed by atoms with Crippen LogP contribution in [-0.4, -0.2) is 61.2 Å². The summed E-state index contributed by atoms with van der Waals surface area (Å²) in [5.41, 5.74) is 0.365. The van der Waals surface area contributed by atoms with Gasteiger partial charge in [-0.05, 0) is 50.7 Å². The van der Waals surface area contributed by atoms with Crippen LogP contribution < -0.4 is 5.32 Å². The number of likely N-dealkylation sites (tertiary alicyclic amines) is 1. The molecule has 118 valence electrons. The Kier molecular flexibility index (Phi) is 5.49. The zero-order valence-electron chi connectivity index (χ0n) is 14.3.